The summed E-state index contributed by atoms with van der Waals surface area (Å²) >= 11 is 11.7. The summed E-state index contributed by atoms with van der Waals surface area (Å²) < 4.78 is 0. The molecule has 1 saturated carbocycles. The van der Waals surface area contributed by atoms with Gasteiger partial charge in [0.05, 0.1) is 23.4 Å². The number of benzene rings is 1. The Bertz CT molecular complexity index is 594. The van der Waals surface area contributed by atoms with Gasteiger partial charge in [-0.3, -0.25) is 19.3 Å². The second-order valence-corrected chi connectivity index (χ2v) is 5.60. The Morgan fingerprint density at radius 2 is 1.84 bits per heavy atom. The molecule has 1 aromatic carbocycles. The fourth-order valence-electron chi connectivity index (χ4n) is 2.35. The number of carbonyl (C=O) groups excluding carboxylic acids is 3. The number of hydrogen-bond donors (Lipinski definition) is 0. The molecule has 0 aromatic heterocycles. The first kappa shape index (κ1) is 12.6. The molecule has 0 spiro atoms. The lowest BCUT2D eigenvalue weighted by Crippen LogP contribution is -2.37. The first-order chi connectivity index (χ1) is 8.99. The molecule has 2 atom stereocenters. The van der Waals surface area contributed by atoms with E-state index in [1.807, 2.05) is 0 Å². The molecular weight excluding hydrogens is 289 g/mol. The van der Waals surface area contributed by atoms with Crippen LogP contribution in [-0.2, 0) is 9.59 Å². The van der Waals surface area contributed by atoms with Crippen molar-refractivity contribution in [2.24, 2.45) is 11.8 Å². The number of hydrogen-bond acceptors (Lipinski definition) is 3. The summed E-state index contributed by atoms with van der Waals surface area (Å²) in [5.41, 5.74) is 0.271. The number of piperidine rings is 1. The fourth-order valence-corrected chi connectivity index (χ4v) is 2.86. The van der Waals surface area contributed by atoms with Crippen molar-refractivity contribution < 1.29 is 14.4 Å². The van der Waals surface area contributed by atoms with Crippen LogP contribution in [0.3, 0.4) is 0 Å². The van der Waals surface area contributed by atoms with Gasteiger partial charge in [0.1, 0.15) is 0 Å². The van der Waals surface area contributed by atoms with Gasteiger partial charge in [0.2, 0.25) is 11.8 Å². The van der Waals surface area contributed by atoms with Gasteiger partial charge in [0.15, 0.2) is 5.78 Å². The van der Waals surface area contributed by atoms with E-state index in [0.29, 0.717) is 11.4 Å². The Balaban J connectivity index is 1.78. The second-order valence-electron chi connectivity index (χ2n) is 4.76. The molecule has 98 valence electrons. The number of imide groups is 1. The van der Waals surface area contributed by atoms with Gasteiger partial charge >= 0.3 is 0 Å². The highest BCUT2D eigenvalue weighted by Gasteiger charge is 2.59. The summed E-state index contributed by atoms with van der Waals surface area (Å²) in [5, 5.41) is 0.651. The van der Waals surface area contributed by atoms with Gasteiger partial charge in [-0.1, -0.05) is 23.2 Å². The number of ketones is 1. The molecule has 2 amide bonds. The van der Waals surface area contributed by atoms with Crippen LogP contribution in [0.5, 0.6) is 0 Å². The van der Waals surface area contributed by atoms with Crippen LogP contribution in [0.25, 0.3) is 0 Å². The fraction of sp³-hybridized carbons (Fsp3) is 0.308. The van der Waals surface area contributed by atoms with E-state index in [9.17, 15) is 14.4 Å². The van der Waals surface area contributed by atoms with Crippen molar-refractivity contribution in [3.05, 3.63) is 33.8 Å². The van der Waals surface area contributed by atoms with E-state index in [2.05, 4.69) is 0 Å². The minimum atomic E-state index is -0.357. The Labute approximate surface area is 119 Å². The Hall–Kier alpha value is -1.39. The number of nitrogens with zero attached hydrogens (tertiary/aromatic N) is 1. The predicted molar refractivity (Wildman–Crippen MR) is 69.1 cm³/mol. The smallest absolute Gasteiger partial charge is 0.233 e. The number of fused-ring (bicyclic) bond motifs is 1. The number of halogens is 2. The minimum absolute atomic E-state index is 0.194. The highest BCUT2D eigenvalue weighted by atomic mass is 35.5. The topological polar surface area (TPSA) is 54.5 Å². The molecule has 19 heavy (non-hydrogen) atoms. The summed E-state index contributed by atoms with van der Waals surface area (Å²) in [4.78, 5) is 36.6. The maximum Gasteiger partial charge on any atom is 0.233 e. The molecule has 1 aliphatic carbocycles. The van der Waals surface area contributed by atoms with E-state index in [0.717, 1.165) is 4.90 Å². The third-order valence-corrected chi connectivity index (χ3v) is 4.04. The van der Waals surface area contributed by atoms with Crippen molar-refractivity contribution in [3.8, 4) is 0 Å². The van der Waals surface area contributed by atoms with Crippen molar-refractivity contribution in [2.45, 2.75) is 6.42 Å². The number of rotatable bonds is 3. The van der Waals surface area contributed by atoms with Crippen molar-refractivity contribution >= 4 is 40.8 Å². The molecule has 2 unspecified atom stereocenters. The SMILES string of the molecule is O=C(CN1C(=O)C2CC2C1=O)c1ccc(Cl)cc1Cl. The first-order valence-corrected chi connectivity index (χ1v) is 6.58. The molecule has 3 rings (SSSR count). The van der Waals surface area contributed by atoms with Crippen LogP contribution in [0.2, 0.25) is 10.0 Å². The lowest BCUT2D eigenvalue weighted by Gasteiger charge is -2.15. The maximum absolute atomic E-state index is 12.1. The Morgan fingerprint density at radius 1 is 1.21 bits per heavy atom. The number of carbonyl (C=O) groups is 3. The number of amides is 2. The van der Waals surface area contributed by atoms with Crippen molar-refractivity contribution in [3.63, 3.8) is 0 Å². The summed E-state index contributed by atoms with van der Waals surface area (Å²) in [5.74, 6) is -1.23. The normalized spacial score (nSPS) is 24.6. The predicted octanol–water partition coefficient (Wildman–Crippen LogP) is 2.18. The van der Waals surface area contributed by atoms with Gasteiger partial charge in [-0.05, 0) is 24.6 Å². The van der Waals surface area contributed by atoms with Gasteiger partial charge in [0.25, 0.3) is 0 Å². The number of Topliss-reactive ketones (excluding diaryl/α,β-unsaturated/α-hetero) is 1. The van der Waals surface area contributed by atoms with Crippen LogP contribution in [0.4, 0.5) is 0 Å². The summed E-state index contributed by atoms with van der Waals surface area (Å²) in [6.07, 6.45) is 0.629. The second kappa shape index (κ2) is 4.32. The minimum Gasteiger partial charge on any atom is -0.292 e. The highest BCUT2D eigenvalue weighted by Crippen LogP contribution is 2.46. The molecule has 6 heteroatoms. The van der Waals surface area contributed by atoms with Crippen LogP contribution in [0, 0.1) is 11.8 Å². The van der Waals surface area contributed by atoms with Gasteiger partial charge in [-0.25, -0.2) is 0 Å². The molecule has 0 N–H and O–H groups in total. The van der Waals surface area contributed by atoms with Gasteiger partial charge in [0, 0.05) is 10.6 Å². The van der Waals surface area contributed by atoms with Crippen LogP contribution in [0.1, 0.15) is 16.8 Å². The zero-order chi connectivity index (χ0) is 13.7. The van der Waals surface area contributed by atoms with Crippen LogP contribution in [0.15, 0.2) is 18.2 Å². The zero-order valence-corrected chi connectivity index (χ0v) is 11.2. The van der Waals surface area contributed by atoms with Crippen LogP contribution in [-0.4, -0.2) is 29.0 Å². The van der Waals surface area contributed by atoms with E-state index in [1.54, 1.807) is 6.07 Å². The summed E-state index contributed by atoms with van der Waals surface area (Å²) in [6.45, 7) is -0.244. The first-order valence-electron chi connectivity index (χ1n) is 5.82. The lowest BCUT2D eigenvalue weighted by atomic mass is 10.1. The monoisotopic (exact) mass is 297 g/mol. The zero-order valence-electron chi connectivity index (χ0n) is 9.73. The van der Waals surface area contributed by atoms with Crippen molar-refractivity contribution in [2.75, 3.05) is 6.54 Å². The average molecular weight is 298 g/mol. The van der Waals surface area contributed by atoms with E-state index in [1.165, 1.54) is 12.1 Å². The Kier molecular flexibility index (Phi) is 2.87. The van der Waals surface area contributed by atoms with Gasteiger partial charge in [-0.15, -0.1) is 0 Å². The van der Waals surface area contributed by atoms with E-state index in [4.69, 9.17) is 23.2 Å². The molecule has 0 radical (unpaired) electrons. The van der Waals surface area contributed by atoms with Crippen molar-refractivity contribution in [1.82, 2.24) is 4.90 Å². The largest absolute Gasteiger partial charge is 0.292 e. The Morgan fingerprint density at radius 3 is 2.42 bits per heavy atom. The van der Waals surface area contributed by atoms with Crippen LogP contribution < -0.4 is 0 Å². The maximum atomic E-state index is 12.1. The molecule has 2 fully saturated rings. The average Bonchev–Trinajstić information content (AvgIpc) is 3.09. The quantitative estimate of drug-likeness (QED) is 0.635. The summed E-state index contributed by atoms with van der Waals surface area (Å²) in [7, 11) is 0. The molecule has 2 aliphatic rings. The third-order valence-electron chi connectivity index (χ3n) is 3.49. The van der Waals surface area contributed by atoms with E-state index < -0.39 is 0 Å². The van der Waals surface area contributed by atoms with E-state index >= 15 is 0 Å². The van der Waals surface area contributed by atoms with Gasteiger partial charge in [-0.2, -0.15) is 0 Å². The molecule has 1 aromatic rings. The lowest BCUT2D eigenvalue weighted by molar-refractivity contribution is -0.140. The van der Waals surface area contributed by atoms with Gasteiger partial charge < -0.3 is 0 Å². The molecule has 4 nitrogen and oxygen atoms in total. The third kappa shape index (κ3) is 2.05. The molecule has 0 bridgehead atoms. The highest BCUT2D eigenvalue weighted by molar-refractivity contribution is 6.37. The van der Waals surface area contributed by atoms with E-state index in [-0.39, 0.29) is 46.6 Å². The summed E-state index contributed by atoms with van der Waals surface area (Å²) in [6, 6.07) is 4.51. The molecular formula is C13H9Cl2NO3. The molecule has 1 saturated heterocycles. The molecule has 1 heterocycles. The standard InChI is InChI=1S/C13H9Cl2NO3/c14-6-1-2-7(10(15)3-6)11(17)5-16-12(18)8-4-9(8)13(16)19/h1-3,8-9H,4-5H2. The van der Waals surface area contributed by atoms with Crippen LogP contribution >= 0.6 is 23.2 Å². The molecule has 1 aliphatic heterocycles. The number of likely N-dealkylation sites (tertiary alicyclic amines) is 1. The van der Waals surface area contributed by atoms with Crippen molar-refractivity contribution in [1.29, 1.82) is 0 Å².